The average molecular weight is 644 g/mol. The zero-order chi connectivity index (χ0) is 30.1. The monoisotopic (exact) mass is 642 g/mol. The summed E-state index contributed by atoms with van der Waals surface area (Å²) in [6, 6.07) is 10.8. The van der Waals surface area contributed by atoms with Crippen molar-refractivity contribution >= 4 is 39.2 Å². The molecule has 2 saturated heterocycles. The van der Waals surface area contributed by atoms with Crippen LogP contribution in [0.5, 0.6) is 0 Å². The van der Waals surface area contributed by atoms with Gasteiger partial charge >= 0.3 is 5.97 Å². The molecule has 42 heavy (non-hydrogen) atoms. The molecule has 2 aliphatic heterocycles. The van der Waals surface area contributed by atoms with Crippen molar-refractivity contribution in [1.82, 2.24) is 19.4 Å². The highest BCUT2D eigenvalue weighted by atomic mass is 35.5. The predicted molar refractivity (Wildman–Crippen MR) is 163 cm³/mol. The minimum Gasteiger partial charge on any atom is -0.481 e. The van der Waals surface area contributed by atoms with E-state index in [0.717, 1.165) is 18.7 Å². The van der Waals surface area contributed by atoms with E-state index in [1.165, 1.54) is 4.31 Å². The summed E-state index contributed by atoms with van der Waals surface area (Å²) in [4.78, 5) is 17.4. The van der Waals surface area contributed by atoms with E-state index in [1.807, 2.05) is 6.92 Å². The summed E-state index contributed by atoms with van der Waals surface area (Å²) in [5.74, 6) is -2.27. The lowest BCUT2D eigenvalue weighted by atomic mass is 9.92. The second-order valence-corrected chi connectivity index (χ2v) is 13.4. The highest BCUT2D eigenvalue weighted by molar-refractivity contribution is 7.89. The normalized spacial score (nSPS) is 18.7. The molecule has 0 aromatic heterocycles. The fourth-order valence-corrected chi connectivity index (χ4v) is 7.20. The number of carboxylic acid groups (broad SMARTS) is 1. The van der Waals surface area contributed by atoms with Gasteiger partial charge in [0.1, 0.15) is 0 Å². The molecule has 0 saturated carbocycles. The number of hydrogen-bond donors (Lipinski definition) is 2. The number of carbonyl (C=O) groups is 1. The van der Waals surface area contributed by atoms with Crippen molar-refractivity contribution < 1.29 is 27.8 Å². The number of benzene rings is 2. The second kappa shape index (κ2) is 15.8. The topological polar surface area (TPSA) is 112 Å². The minimum atomic E-state index is -4.01. The molecule has 0 aliphatic carbocycles. The summed E-state index contributed by atoms with van der Waals surface area (Å²) in [5, 5.41) is 14.7. The lowest BCUT2D eigenvalue weighted by Crippen LogP contribution is -2.48. The summed E-state index contributed by atoms with van der Waals surface area (Å²) >= 11 is 12.8. The van der Waals surface area contributed by atoms with E-state index in [9.17, 15) is 18.3 Å². The third-order valence-electron chi connectivity index (χ3n) is 7.74. The van der Waals surface area contributed by atoms with Crippen molar-refractivity contribution in [2.75, 3.05) is 85.3 Å². The summed E-state index contributed by atoms with van der Waals surface area (Å²) in [6.07, 6.45) is 0. The molecule has 0 radical (unpaired) electrons. The standard InChI is InChI=1S/C29H40Cl2N4O6S/c1-22-2-5-24(6-3-22)42(38,39)35(11-10-34-14-18-41-19-15-34)21-26(29(36)37)28(25-7-4-23(30)20-27(25)31)32-8-9-33-12-16-40-17-13-33/h2-7,20,26,28,32H,8-19,21H2,1H3,(H,36,37). The van der Waals surface area contributed by atoms with Crippen LogP contribution in [-0.2, 0) is 24.3 Å². The highest BCUT2D eigenvalue weighted by Crippen LogP contribution is 2.32. The molecule has 10 nitrogen and oxygen atoms in total. The van der Waals surface area contributed by atoms with E-state index in [0.29, 0.717) is 74.8 Å². The van der Waals surface area contributed by atoms with Crippen molar-refractivity contribution in [3.63, 3.8) is 0 Å². The van der Waals surface area contributed by atoms with Gasteiger partial charge in [-0.2, -0.15) is 4.31 Å². The SMILES string of the molecule is Cc1ccc(S(=O)(=O)N(CCN2CCOCC2)CC(C(=O)O)C(NCCN2CCOCC2)c2ccc(Cl)cc2Cl)cc1. The molecule has 2 N–H and O–H groups in total. The smallest absolute Gasteiger partial charge is 0.309 e. The van der Waals surface area contributed by atoms with Gasteiger partial charge in [0.2, 0.25) is 10.0 Å². The molecule has 2 aromatic rings. The molecule has 2 unspecified atom stereocenters. The zero-order valence-electron chi connectivity index (χ0n) is 23.9. The fourth-order valence-electron chi connectivity index (χ4n) is 5.22. The molecule has 4 rings (SSSR count). The van der Waals surface area contributed by atoms with Gasteiger partial charge < -0.3 is 19.9 Å². The maximum absolute atomic E-state index is 14.0. The maximum Gasteiger partial charge on any atom is 0.309 e. The van der Waals surface area contributed by atoms with Gasteiger partial charge in [-0.15, -0.1) is 0 Å². The fraction of sp³-hybridized carbons (Fsp3) is 0.552. The Kier molecular flexibility index (Phi) is 12.4. The number of morpholine rings is 2. The molecule has 2 aliphatic rings. The van der Waals surface area contributed by atoms with Crippen LogP contribution in [0.15, 0.2) is 47.4 Å². The highest BCUT2D eigenvalue weighted by Gasteiger charge is 2.36. The van der Waals surface area contributed by atoms with E-state index < -0.39 is 28.0 Å². The molecule has 0 bridgehead atoms. The van der Waals surface area contributed by atoms with Crippen molar-refractivity contribution in [2.24, 2.45) is 5.92 Å². The van der Waals surface area contributed by atoms with Crippen molar-refractivity contribution in [3.8, 4) is 0 Å². The first-order valence-corrected chi connectivity index (χ1v) is 16.4. The van der Waals surface area contributed by atoms with Crippen LogP contribution in [0.2, 0.25) is 10.0 Å². The van der Waals surface area contributed by atoms with Gasteiger partial charge in [0.15, 0.2) is 0 Å². The van der Waals surface area contributed by atoms with Crippen molar-refractivity contribution in [2.45, 2.75) is 17.9 Å². The molecule has 232 valence electrons. The molecule has 0 amide bonds. The van der Waals surface area contributed by atoms with E-state index in [1.54, 1.807) is 42.5 Å². The Morgan fingerprint density at radius 3 is 2.14 bits per heavy atom. The number of aryl methyl sites for hydroxylation is 1. The first-order chi connectivity index (χ1) is 20.1. The van der Waals surface area contributed by atoms with Gasteiger partial charge in [-0.3, -0.25) is 14.6 Å². The number of hydrogen-bond acceptors (Lipinski definition) is 8. The largest absolute Gasteiger partial charge is 0.481 e. The van der Waals surface area contributed by atoms with Gasteiger partial charge in [0.25, 0.3) is 0 Å². The molecule has 2 fully saturated rings. The Morgan fingerprint density at radius 1 is 0.976 bits per heavy atom. The molecule has 2 aromatic carbocycles. The van der Waals surface area contributed by atoms with Gasteiger partial charge in [-0.25, -0.2) is 8.42 Å². The van der Waals surface area contributed by atoms with E-state index in [2.05, 4.69) is 15.1 Å². The number of nitrogens with one attached hydrogen (secondary N) is 1. The van der Waals surface area contributed by atoms with Crippen LogP contribution in [-0.4, -0.2) is 119 Å². The lowest BCUT2D eigenvalue weighted by molar-refractivity contribution is -0.143. The summed E-state index contributed by atoms with van der Waals surface area (Å²) in [7, 11) is -4.01. The number of halogens is 2. The number of ether oxygens (including phenoxy) is 2. The average Bonchev–Trinajstić information content (AvgIpc) is 2.97. The summed E-state index contributed by atoms with van der Waals surface area (Å²) in [5.41, 5.74) is 1.48. The van der Waals surface area contributed by atoms with Gasteiger partial charge in [0, 0.05) is 75.0 Å². The van der Waals surface area contributed by atoms with Crippen LogP contribution in [0, 0.1) is 12.8 Å². The quantitative estimate of drug-likeness (QED) is 0.321. The van der Waals surface area contributed by atoms with Gasteiger partial charge in [0.05, 0.1) is 37.2 Å². The number of rotatable bonds is 14. The van der Waals surface area contributed by atoms with Crippen LogP contribution in [0.3, 0.4) is 0 Å². The Morgan fingerprint density at radius 2 is 1.57 bits per heavy atom. The van der Waals surface area contributed by atoms with E-state index in [-0.39, 0.29) is 18.0 Å². The number of aliphatic carboxylic acids is 1. The Balaban J connectivity index is 1.63. The number of nitrogens with zero attached hydrogens (tertiary/aromatic N) is 3. The van der Waals surface area contributed by atoms with Gasteiger partial charge in [-0.1, -0.05) is 47.0 Å². The molecule has 2 atom stereocenters. The van der Waals surface area contributed by atoms with Crippen LogP contribution < -0.4 is 5.32 Å². The first-order valence-electron chi connectivity index (χ1n) is 14.2. The lowest BCUT2D eigenvalue weighted by Gasteiger charge is -2.34. The summed E-state index contributed by atoms with van der Waals surface area (Å²) < 4.78 is 40.1. The number of sulfonamides is 1. The molecule has 2 heterocycles. The van der Waals surface area contributed by atoms with Crippen molar-refractivity contribution in [3.05, 3.63) is 63.6 Å². The second-order valence-electron chi connectivity index (χ2n) is 10.6. The first kappa shape index (κ1) is 33.1. The zero-order valence-corrected chi connectivity index (χ0v) is 26.2. The molecule has 13 heteroatoms. The summed E-state index contributed by atoms with van der Waals surface area (Å²) in [6.45, 7) is 8.80. The third-order valence-corrected chi connectivity index (χ3v) is 10.2. The van der Waals surface area contributed by atoms with Crippen LogP contribution in [0.25, 0.3) is 0 Å². The molecular formula is C29H40Cl2N4O6S. The Bertz CT molecular complexity index is 1270. The molecular weight excluding hydrogens is 603 g/mol. The van der Waals surface area contributed by atoms with E-state index >= 15 is 0 Å². The Labute approximate surface area is 258 Å². The Hall–Kier alpha value is -1.80. The maximum atomic E-state index is 14.0. The predicted octanol–water partition coefficient (Wildman–Crippen LogP) is 2.99. The van der Waals surface area contributed by atoms with Crippen LogP contribution >= 0.6 is 23.2 Å². The van der Waals surface area contributed by atoms with Gasteiger partial charge in [-0.05, 0) is 36.8 Å². The molecule has 0 spiro atoms. The van der Waals surface area contributed by atoms with Crippen molar-refractivity contribution in [1.29, 1.82) is 0 Å². The van der Waals surface area contributed by atoms with Crippen LogP contribution in [0.4, 0.5) is 0 Å². The minimum absolute atomic E-state index is 0.126. The third kappa shape index (κ3) is 9.10. The van der Waals surface area contributed by atoms with Crippen LogP contribution in [0.1, 0.15) is 17.2 Å². The number of carboxylic acids is 1. The van der Waals surface area contributed by atoms with E-state index in [4.69, 9.17) is 32.7 Å².